The Bertz CT molecular complexity index is 1210. The summed E-state index contributed by atoms with van der Waals surface area (Å²) in [6.45, 7) is 3.86. The molecule has 0 spiro atoms. The first-order chi connectivity index (χ1) is 14.9. The van der Waals surface area contributed by atoms with Crippen LogP contribution in [-0.2, 0) is 0 Å². The molecule has 154 valence electrons. The molecule has 0 radical (unpaired) electrons. The molecule has 0 atom stereocenters. The van der Waals surface area contributed by atoms with E-state index >= 15 is 0 Å². The fourth-order valence-corrected chi connectivity index (χ4v) is 3.67. The Hall–Kier alpha value is -3.84. The number of nitrogens with one attached hydrogen (secondary N) is 1. The molecule has 1 N–H and O–H groups in total. The lowest BCUT2D eigenvalue weighted by atomic mass is 10.2. The van der Waals surface area contributed by atoms with Crippen molar-refractivity contribution in [1.29, 1.82) is 0 Å². The summed E-state index contributed by atoms with van der Waals surface area (Å²) in [5.74, 6) is 0.111. The number of amidine groups is 1. The Morgan fingerprint density at radius 3 is 2.16 bits per heavy atom. The van der Waals surface area contributed by atoms with E-state index in [1.165, 1.54) is 9.80 Å². The first-order valence-electron chi connectivity index (χ1n) is 9.70. The number of rotatable bonds is 3. The topological polar surface area (TPSA) is 65.0 Å². The molecule has 0 bridgehead atoms. The Morgan fingerprint density at radius 2 is 1.48 bits per heavy atom. The molecular formula is C24H20N4O2S. The average Bonchev–Trinajstić information content (AvgIpc) is 2.98. The van der Waals surface area contributed by atoms with Gasteiger partial charge in [-0.1, -0.05) is 54.7 Å². The highest BCUT2D eigenvalue weighted by Crippen LogP contribution is 2.29. The number of hydrogen-bond acceptors (Lipinski definition) is 3. The number of amides is 4. The van der Waals surface area contributed by atoms with Crippen molar-refractivity contribution in [2.24, 2.45) is 4.99 Å². The van der Waals surface area contributed by atoms with E-state index in [4.69, 9.17) is 12.2 Å². The van der Waals surface area contributed by atoms with Crippen molar-refractivity contribution in [2.75, 3.05) is 15.1 Å². The monoisotopic (exact) mass is 428 g/mol. The minimum Gasteiger partial charge on any atom is -0.306 e. The number of carbonyl (C=O) groups is 2. The second-order valence-corrected chi connectivity index (χ2v) is 7.55. The van der Waals surface area contributed by atoms with Crippen LogP contribution in [-0.4, -0.2) is 22.9 Å². The Morgan fingerprint density at radius 1 is 0.839 bits per heavy atom. The minimum absolute atomic E-state index is 0.111. The molecule has 6 nitrogen and oxygen atoms in total. The van der Waals surface area contributed by atoms with Crippen LogP contribution in [0.1, 0.15) is 11.1 Å². The zero-order valence-corrected chi connectivity index (χ0v) is 17.9. The van der Waals surface area contributed by atoms with Crippen LogP contribution in [0, 0.1) is 13.8 Å². The molecule has 31 heavy (non-hydrogen) atoms. The van der Waals surface area contributed by atoms with Gasteiger partial charge in [0.1, 0.15) is 0 Å². The lowest BCUT2D eigenvalue weighted by Crippen LogP contribution is -2.33. The van der Waals surface area contributed by atoms with Crippen molar-refractivity contribution in [3.8, 4) is 0 Å². The maximum Gasteiger partial charge on any atom is 0.347 e. The quantitative estimate of drug-likeness (QED) is 0.544. The van der Waals surface area contributed by atoms with Gasteiger partial charge in [-0.3, -0.25) is 0 Å². The zero-order valence-electron chi connectivity index (χ0n) is 17.1. The largest absolute Gasteiger partial charge is 0.347 e. The second-order valence-electron chi connectivity index (χ2n) is 7.17. The summed E-state index contributed by atoms with van der Waals surface area (Å²) < 4.78 is 0. The van der Waals surface area contributed by atoms with Crippen molar-refractivity contribution in [1.82, 2.24) is 0 Å². The number of carbonyl (C=O) groups excluding carboxylic acids is 2. The van der Waals surface area contributed by atoms with Gasteiger partial charge in [-0.05, 0) is 61.4 Å². The minimum atomic E-state index is -0.608. The van der Waals surface area contributed by atoms with Crippen molar-refractivity contribution < 1.29 is 9.59 Å². The Kier molecular flexibility index (Phi) is 5.60. The predicted octanol–water partition coefficient (Wildman–Crippen LogP) is 5.71. The summed E-state index contributed by atoms with van der Waals surface area (Å²) in [6, 6.07) is 22.9. The summed E-state index contributed by atoms with van der Waals surface area (Å²) in [6.07, 6.45) is 0. The zero-order chi connectivity index (χ0) is 22.0. The smallest absolute Gasteiger partial charge is 0.306 e. The lowest BCUT2D eigenvalue weighted by molar-refractivity contribution is 0.257. The number of nitrogens with zero attached hydrogens (tertiary/aromatic N) is 3. The summed E-state index contributed by atoms with van der Waals surface area (Å²) in [5.41, 5.74) is 3.80. The van der Waals surface area contributed by atoms with Gasteiger partial charge < -0.3 is 5.32 Å². The van der Waals surface area contributed by atoms with Gasteiger partial charge in [-0.25, -0.2) is 19.4 Å². The molecule has 3 aromatic rings. The number of hydrogen-bond donors (Lipinski definition) is 1. The maximum absolute atomic E-state index is 13.4. The maximum atomic E-state index is 13.4. The molecule has 0 aliphatic carbocycles. The number of aliphatic imine (C=N–C) groups is 1. The van der Waals surface area contributed by atoms with Crippen molar-refractivity contribution in [2.45, 2.75) is 13.8 Å². The highest BCUT2D eigenvalue weighted by Gasteiger charge is 2.42. The van der Waals surface area contributed by atoms with Gasteiger partial charge in [0, 0.05) is 5.69 Å². The molecule has 1 fully saturated rings. The van der Waals surface area contributed by atoms with Crippen molar-refractivity contribution >= 4 is 52.2 Å². The van der Waals surface area contributed by atoms with Crippen molar-refractivity contribution in [3.63, 3.8) is 0 Å². The fraction of sp³-hybridized carbons (Fsp3) is 0.0833. The molecule has 0 unspecified atom stereocenters. The van der Waals surface area contributed by atoms with E-state index in [0.717, 1.165) is 11.1 Å². The Balaban J connectivity index is 1.74. The Labute approximate surface area is 185 Å². The first kappa shape index (κ1) is 20.4. The summed E-state index contributed by atoms with van der Waals surface area (Å²) >= 11 is 5.59. The predicted molar refractivity (Wildman–Crippen MR) is 128 cm³/mol. The molecular weight excluding hydrogens is 408 g/mol. The van der Waals surface area contributed by atoms with Gasteiger partial charge in [0.25, 0.3) is 0 Å². The van der Waals surface area contributed by atoms with Crippen LogP contribution in [0.2, 0.25) is 0 Å². The van der Waals surface area contributed by atoms with E-state index in [2.05, 4.69) is 10.3 Å². The van der Waals surface area contributed by atoms with Crippen LogP contribution in [0.15, 0.2) is 83.9 Å². The van der Waals surface area contributed by atoms with Crippen LogP contribution in [0.4, 0.5) is 26.7 Å². The molecule has 7 heteroatoms. The van der Waals surface area contributed by atoms with E-state index in [1.807, 2.05) is 68.4 Å². The number of aryl methyl sites for hydroxylation is 2. The highest BCUT2D eigenvalue weighted by molar-refractivity contribution is 7.82. The number of benzene rings is 3. The molecule has 1 saturated heterocycles. The van der Waals surface area contributed by atoms with Crippen LogP contribution in [0.5, 0.6) is 0 Å². The third-order valence-electron chi connectivity index (χ3n) is 4.74. The summed E-state index contributed by atoms with van der Waals surface area (Å²) in [4.78, 5) is 33.2. The number of anilines is 3. The molecule has 0 saturated carbocycles. The normalized spacial score (nSPS) is 15.0. The lowest BCUT2D eigenvalue weighted by Gasteiger charge is -2.17. The molecule has 1 aliphatic heterocycles. The van der Waals surface area contributed by atoms with Gasteiger partial charge in [0.2, 0.25) is 0 Å². The third kappa shape index (κ3) is 4.22. The average molecular weight is 429 g/mol. The molecule has 4 amide bonds. The third-order valence-corrected chi connectivity index (χ3v) is 5.10. The van der Waals surface area contributed by atoms with Gasteiger partial charge in [-0.15, -0.1) is 0 Å². The van der Waals surface area contributed by atoms with Crippen LogP contribution in [0.3, 0.4) is 0 Å². The number of para-hydroxylation sites is 1. The standard InChI is InChI=1S/C24H20N4O2S/c1-16-8-6-10-18(14-16)25-23(29)26-21-22(31)28(19-11-4-3-5-12-19)24(30)27(21)20-13-7-9-17(2)15-20/h3-15H,1-2H3,(H,25,29)/b26-21-. The number of urea groups is 2. The fourth-order valence-electron chi connectivity index (χ4n) is 3.35. The summed E-state index contributed by atoms with van der Waals surface area (Å²) in [7, 11) is 0. The highest BCUT2D eigenvalue weighted by atomic mass is 32.1. The number of thiocarbonyl (C=S) groups is 1. The molecule has 1 aliphatic rings. The first-order valence-corrected chi connectivity index (χ1v) is 10.1. The van der Waals surface area contributed by atoms with Gasteiger partial charge >= 0.3 is 12.1 Å². The second kappa shape index (κ2) is 8.49. The van der Waals surface area contributed by atoms with E-state index < -0.39 is 6.03 Å². The molecule has 1 heterocycles. The van der Waals surface area contributed by atoms with Gasteiger partial charge in [-0.2, -0.15) is 4.99 Å². The van der Waals surface area contributed by atoms with Crippen LogP contribution in [0.25, 0.3) is 0 Å². The molecule has 0 aromatic heterocycles. The molecule has 3 aromatic carbocycles. The van der Waals surface area contributed by atoms with E-state index in [0.29, 0.717) is 17.1 Å². The van der Waals surface area contributed by atoms with Crippen LogP contribution < -0.4 is 15.1 Å². The molecule has 4 rings (SSSR count). The van der Waals surface area contributed by atoms with Gasteiger partial charge in [0.15, 0.2) is 10.8 Å². The van der Waals surface area contributed by atoms with Gasteiger partial charge in [0.05, 0.1) is 11.4 Å². The van der Waals surface area contributed by atoms with E-state index in [9.17, 15) is 9.59 Å². The van der Waals surface area contributed by atoms with Crippen molar-refractivity contribution in [3.05, 3.63) is 90.0 Å². The van der Waals surface area contributed by atoms with Crippen LogP contribution >= 0.6 is 12.2 Å². The summed E-state index contributed by atoms with van der Waals surface area (Å²) in [5, 5.41) is 2.74. The van der Waals surface area contributed by atoms with E-state index in [1.54, 1.807) is 24.3 Å². The SMILES string of the molecule is Cc1cccc(NC(=O)/N=C2/C(=S)N(c3ccccc3)C(=O)N2c2cccc(C)c2)c1. The van der Waals surface area contributed by atoms with E-state index in [-0.39, 0.29) is 16.9 Å².